The van der Waals surface area contributed by atoms with Crippen molar-refractivity contribution in [2.45, 2.75) is 13.0 Å². The SMILES string of the molecule is O=C(O)CS(=O)(=O)N1CCc2sccc2C1. The Hall–Kier alpha value is -0.920. The highest BCUT2D eigenvalue weighted by molar-refractivity contribution is 7.89. The van der Waals surface area contributed by atoms with Crippen LogP contribution >= 0.6 is 11.3 Å². The Labute approximate surface area is 97.4 Å². The maximum absolute atomic E-state index is 11.7. The molecule has 2 rings (SSSR count). The first-order chi connectivity index (χ1) is 7.49. The summed E-state index contributed by atoms with van der Waals surface area (Å²) in [5.74, 6) is -2.14. The molecule has 1 N–H and O–H groups in total. The zero-order valence-electron chi connectivity index (χ0n) is 8.42. The summed E-state index contributed by atoms with van der Waals surface area (Å²) in [5, 5.41) is 10.5. The molecule has 0 radical (unpaired) electrons. The third-order valence-corrected chi connectivity index (χ3v) is 5.21. The molecule has 1 aliphatic rings. The molecule has 2 heterocycles. The van der Waals surface area contributed by atoms with Gasteiger partial charge in [-0.1, -0.05) is 0 Å². The van der Waals surface area contributed by atoms with Crippen molar-refractivity contribution in [1.29, 1.82) is 0 Å². The lowest BCUT2D eigenvalue weighted by molar-refractivity contribution is -0.134. The van der Waals surface area contributed by atoms with E-state index in [1.54, 1.807) is 11.3 Å². The molecule has 1 aliphatic heterocycles. The Morgan fingerprint density at radius 1 is 1.56 bits per heavy atom. The summed E-state index contributed by atoms with van der Waals surface area (Å²) < 4.78 is 24.6. The van der Waals surface area contributed by atoms with Crippen LogP contribution in [0.2, 0.25) is 0 Å². The van der Waals surface area contributed by atoms with Crippen LogP contribution in [0.4, 0.5) is 0 Å². The fourth-order valence-corrected chi connectivity index (χ4v) is 3.80. The van der Waals surface area contributed by atoms with E-state index in [0.29, 0.717) is 19.5 Å². The highest BCUT2D eigenvalue weighted by atomic mass is 32.2. The molecule has 0 aromatic carbocycles. The smallest absolute Gasteiger partial charge is 0.320 e. The number of nitrogens with zero attached hydrogens (tertiary/aromatic N) is 1. The van der Waals surface area contributed by atoms with Crippen LogP contribution in [-0.2, 0) is 27.8 Å². The molecule has 0 saturated carbocycles. The molecule has 5 nitrogen and oxygen atoms in total. The Bertz CT molecular complexity index is 505. The standard InChI is InChI=1S/C9H11NO4S2/c11-9(12)6-16(13,14)10-3-1-8-7(5-10)2-4-15-8/h2,4H,1,3,5-6H2,(H,11,12). The predicted octanol–water partition coefficient (Wildman–Crippen LogP) is 0.521. The number of carboxylic acids is 1. The van der Waals surface area contributed by atoms with Gasteiger partial charge in [-0.05, 0) is 23.4 Å². The zero-order chi connectivity index (χ0) is 11.8. The van der Waals surface area contributed by atoms with E-state index < -0.39 is 21.7 Å². The van der Waals surface area contributed by atoms with Gasteiger partial charge in [0.05, 0.1) is 0 Å². The Morgan fingerprint density at radius 2 is 2.31 bits per heavy atom. The maximum Gasteiger partial charge on any atom is 0.320 e. The minimum absolute atomic E-state index is 0.300. The quantitative estimate of drug-likeness (QED) is 0.860. The summed E-state index contributed by atoms with van der Waals surface area (Å²) >= 11 is 1.61. The first-order valence-corrected chi connectivity index (χ1v) is 7.23. The van der Waals surface area contributed by atoms with E-state index in [9.17, 15) is 13.2 Å². The number of thiophene rings is 1. The van der Waals surface area contributed by atoms with Crippen molar-refractivity contribution in [2.24, 2.45) is 0 Å². The van der Waals surface area contributed by atoms with Gasteiger partial charge in [-0.3, -0.25) is 4.79 Å². The number of hydrogen-bond donors (Lipinski definition) is 1. The monoisotopic (exact) mass is 261 g/mol. The molecule has 16 heavy (non-hydrogen) atoms. The molecule has 88 valence electrons. The molecule has 1 aromatic rings. The Kier molecular flexibility index (Phi) is 3.00. The molecule has 0 fully saturated rings. The van der Waals surface area contributed by atoms with Gasteiger partial charge in [0, 0.05) is 18.0 Å². The summed E-state index contributed by atoms with van der Waals surface area (Å²) in [5.41, 5.74) is 0.991. The molecule has 0 saturated heterocycles. The fraction of sp³-hybridized carbons (Fsp3) is 0.444. The molecule has 1 aromatic heterocycles. The van der Waals surface area contributed by atoms with Crippen LogP contribution in [0, 0.1) is 0 Å². The average Bonchev–Trinajstić information content (AvgIpc) is 2.61. The number of aliphatic carboxylic acids is 1. The van der Waals surface area contributed by atoms with E-state index >= 15 is 0 Å². The van der Waals surface area contributed by atoms with Crippen LogP contribution < -0.4 is 0 Å². The highest BCUT2D eigenvalue weighted by Crippen LogP contribution is 2.25. The molecule has 0 unspecified atom stereocenters. The van der Waals surface area contributed by atoms with Crippen LogP contribution in [0.3, 0.4) is 0 Å². The van der Waals surface area contributed by atoms with Crippen LogP contribution in [0.15, 0.2) is 11.4 Å². The van der Waals surface area contributed by atoms with E-state index in [0.717, 1.165) is 5.56 Å². The van der Waals surface area contributed by atoms with E-state index in [2.05, 4.69) is 0 Å². The first kappa shape index (κ1) is 11.6. The second-order valence-corrected chi connectivity index (χ2v) is 6.57. The van der Waals surface area contributed by atoms with Gasteiger partial charge >= 0.3 is 5.97 Å². The van der Waals surface area contributed by atoms with E-state index in [4.69, 9.17) is 5.11 Å². The largest absolute Gasteiger partial charge is 0.480 e. The lowest BCUT2D eigenvalue weighted by Gasteiger charge is -2.25. The van der Waals surface area contributed by atoms with Crippen LogP contribution in [0.5, 0.6) is 0 Å². The predicted molar refractivity (Wildman–Crippen MR) is 59.9 cm³/mol. The number of fused-ring (bicyclic) bond motifs is 1. The second kappa shape index (κ2) is 4.15. The topological polar surface area (TPSA) is 74.7 Å². The van der Waals surface area contributed by atoms with Crippen LogP contribution in [0.25, 0.3) is 0 Å². The Balaban J connectivity index is 2.17. The number of carboxylic acid groups (broad SMARTS) is 1. The molecule has 0 amide bonds. The van der Waals surface area contributed by atoms with Crippen molar-refractivity contribution in [3.8, 4) is 0 Å². The van der Waals surface area contributed by atoms with Crippen LogP contribution in [0.1, 0.15) is 10.4 Å². The number of hydrogen-bond acceptors (Lipinski definition) is 4. The molecule has 0 aliphatic carbocycles. The van der Waals surface area contributed by atoms with Crippen molar-refractivity contribution >= 4 is 27.3 Å². The minimum Gasteiger partial charge on any atom is -0.480 e. The third-order valence-electron chi connectivity index (χ3n) is 2.47. The molecular formula is C9H11NO4S2. The van der Waals surface area contributed by atoms with Gasteiger partial charge in [0.15, 0.2) is 5.75 Å². The minimum atomic E-state index is -3.66. The first-order valence-electron chi connectivity index (χ1n) is 4.74. The summed E-state index contributed by atoms with van der Waals surface area (Å²) in [6.45, 7) is 0.678. The molecule has 0 atom stereocenters. The molecule has 0 bridgehead atoms. The van der Waals surface area contributed by atoms with Crippen molar-refractivity contribution in [3.05, 3.63) is 21.9 Å². The van der Waals surface area contributed by atoms with Crippen LogP contribution in [-0.4, -0.2) is 36.1 Å². The normalized spacial score (nSPS) is 17.0. The van der Waals surface area contributed by atoms with Crippen molar-refractivity contribution < 1.29 is 18.3 Å². The van der Waals surface area contributed by atoms with Gasteiger partial charge in [-0.15, -0.1) is 11.3 Å². The van der Waals surface area contributed by atoms with Gasteiger partial charge in [0.25, 0.3) is 0 Å². The zero-order valence-corrected chi connectivity index (χ0v) is 10.1. The molecule has 7 heteroatoms. The third kappa shape index (κ3) is 2.26. The number of carbonyl (C=O) groups is 1. The fourth-order valence-electron chi connectivity index (χ4n) is 1.71. The summed E-state index contributed by atoms with van der Waals surface area (Å²) in [6, 6.07) is 1.89. The van der Waals surface area contributed by atoms with Gasteiger partial charge in [0.1, 0.15) is 0 Å². The average molecular weight is 261 g/mol. The van der Waals surface area contributed by atoms with Gasteiger partial charge < -0.3 is 5.11 Å². The van der Waals surface area contributed by atoms with Gasteiger partial charge in [-0.25, -0.2) is 8.42 Å². The lowest BCUT2D eigenvalue weighted by Crippen LogP contribution is -2.38. The van der Waals surface area contributed by atoms with Crippen molar-refractivity contribution in [2.75, 3.05) is 12.3 Å². The Morgan fingerprint density at radius 3 is 3.00 bits per heavy atom. The number of rotatable bonds is 3. The molecule has 0 spiro atoms. The van der Waals surface area contributed by atoms with Gasteiger partial charge in [-0.2, -0.15) is 4.31 Å². The molecular weight excluding hydrogens is 250 g/mol. The second-order valence-electron chi connectivity index (χ2n) is 3.60. The van der Waals surface area contributed by atoms with E-state index in [-0.39, 0.29) is 0 Å². The van der Waals surface area contributed by atoms with Crippen molar-refractivity contribution in [1.82, 2.24) is 4.31 Å². The lowest BCUT2D eigenvalue weighted by atomic mass is 10.1. The highest BCUT2D eigenvalue weighted by Gasteiger charge is 2.28. The summed E-state index contributed by atoms with van der Waals surface area (Å²) in [4.78, 5) is 11.6. The van der Waals surface area contributed by atoms with Crippen molar-refractivity contribution in [3.63, 3.8) is 0 Å². The van der Waals surface area contributed by atoms with E-state index in [1.807, 2.05) is 11.4 Å². The summed E-state index contributed by atoms with van der Waals surface area (Å²) in [6.07, 6.45) is 0.672. The van der Waals surface area contributed by atoms with E-state index in [1.165, 1.54) is 9.18 Å². The number of sulfonamides is 1. The maximum atomic E-state index is 11.7. The summed E-state index contributed by atoms with van der Waals surface area (Å²) in [7, 11) is -3.66. The van der Waals surface area contributed by atoms with Gasteiger partial charge in [0.2, 0.25) is 10.0 Å².